The number of amides is 2. The smallest absolute Gasteiger partial charge is 0.270 e. The Bertz CT molecular complexity index is 710. The Morgan fingerprint density at radius 2 is 1.96 bits per heavy atom. The van der Waals surface area contributed by atoms with Gasteiger partial charge in [-0.05, 0) is 82.3 Å². The van der Waals surface area contributed by atoms with E-state index >= 15 is 0 Å². The van der Waals surface area contributed by atoms with Gasteiger partial charge in [0.15, 0.2) is 0 Å². The minimum Gasteiger partial charge on any atom is -0.346 e. The van der Waals surface area contributed by atoms with E-state index in [1.807, 2.05) is 20.8 Å². The number of pyridine rings is 1. The van der Waals surface area contributed by atoms with Crippen LogP contribution in [0.1, 0.15) is 83.1 Å². The van der Waals surface area contributed by atoms with Crippen LogP contribution < -0.4 is 10.6 Å². The molecule has 154 valence electrons. The second-order valence-corrected chi connectivity index (χ2v) is 9.83. The Morgan fingerprint density at radius 1 is 1.18 bits per heavy atom. The van der Waals surface area contributed by atoms with Gasteiger partial charge in [0, 0.05) is 23.8 Å². The molecule has 2 amide bonds. The zero-order valence-electron chi connectivity index (χ0n) is 17.8. The highest BCUT2D eigenvalue weighted by atomic mass is 16.2. The van der Waals surface area contributed by atoms with Gasteiger partial charge >= 0.3 is 0 Å². The van der Waals surface area contributed by atoms with Gasteiger partial charge in [-0.25, -0.2) is 0 Å². The molecular formula is C23H35N3O2. The van der Waals surface area contributed by atoms with Crippen molar-refractivity contribution in [2.45, 2.75) is 78.2 Å². The fraction of sp³-hybridized carbons (Fsp3) is 0.696. The fourth-order valence-electron chi connectivity index (χ4n) is 5.01. The molecule has 1 heterocycles. The zero-order chi connectivity index (χ0) is 20.3. The van der Waals surface area contributed by atoms with Crippen LogP contribution in [-0.4, -0.2) is 22.3 Å². The minimum atomic E-state index is -0.326. The van der Waals surface area contributed by atoms with E-state index in [1.165, 1.54) is 38.5 Å². The van der Waals surface area contributed by atoms with Crippen LogP contribution in [-0.2, 0) is 4.79 Å². The third kappa shape index (κ3) is 5.55. The molecule has 2 aliphatic rings. The Kier molecular flexibility index (Phi) is 6.41. The van der Waals surface area contributed by atoms with Crippen molar-refractivity contribution in [2.75, 3.05) is 5.32 Å². The van der Waals surface area contributed by atoms with Crippen LogP contribution in [0.3, 0.4) is 0 Å². The molecule has 2 fully saturated rings. The van der Waals surface area contributed by atoms with Gasteiger partial charge in [-0.15, -0.1) is 0 Å². The first kappa shape index (κ1) is 20.8. The predicted molar refractivity (Wildman–Crippen MR) is 112 cm³/mol. The molecule has 2 aliphatic carbocycles. The van der Waals surface area contributed by atoms with Gasteiger partial charge in [0.1, 0.15) is 5.69 Å². The van der Waals surface area contributed by atoms with Crippen molar-refractivity contribution in [3.05, 3.63) is 24.0 Å². The summed E-state index contributed by atoms with van der Waals surface area (Å²) in [5, 5.41) is 5.89. The fourth-order valence-corrected chi connectivity index (χ4v) is 5.01. The maximum atomic E-state index is 12.7. The van der Waals surface area contributed by atoms with Gasteiger partial charge in [0.25, 0.3) is 5.91 Å². The summed E-state index contributed by atoms with van der Waals surface area (Å²) in [7, 11) is 0. The largest absolute Gasteiger partial charge is 0.346 e. The Morgan fingerprint density at radius 3 is 2.68 bits per heavy atom. The first-order valence-corrected chi connectivity index (χ1v) is 10.8. The van der Waals surface area contributed by atoms with Gasteiger partial charge in [0.2, 0.25) is 5.91 Å². The maximum absolute atomic E-state index is 12.7. The quantitative estimate of drug-likeness (QED) is 0.765. The molecule has 0 radical (unpaired) electrons. The highest BCUT2D eigenvalue weighted by Gasteiger charge is 2.37. The average Bonchev–Trinajstić information content (AvgIpc) is 2.62. The van der Waals surface area contributed by atoms with E-state index in [0.29, 0.717) is 29.6 Å². The molecule has 0 aromatic carbocycles. The van der Waals surface area contributed by atoms with Crippen LogP contribution in [0.5, 0.6) is 0 Å². The molecular weight excluding hydrogens is 350 g/mol. The Hall–Kier alpha value is -1.91. The van der Waals surface area contributed by atoms with Gasteiger partial charge in [-0.2, -0.15) is 0 Å². The Balaban J connectivity index is 1.58. The molecule has 3 unspecified atom stereocenters. The van der Waals surface area contributed by atoms with E-state index < -0.39 is 0 Å². The zero-order valence-corrected chi connectivity index (χ0v) is 17.8. The molecule has 0 aliphatic heterocycles. The van der Waals surface area contributed by atoms with E-state index in [2.05, 4.69) is 22.5 Å². The standard InChI is InChI=1S/C23H35N3O2/c1-5-15-10-16-6-7-17(18(11-15)12-16)13-21(27)25-19-8-9-24-20(14-19)22(28)26-23(2,3)4/h8-9,14-18H,5-7,10-13H2,1-4H3,(H,26,28)(H,24,25,27)/t15?,16?,17-,18?/m1/s1. The van der Waals surface area contributed by atoms with Crippen molar-refractivity contribution in [3.8, 4) is 0 Å². The lowest BCUT2D eigenvalue weighted by atomic mass is 9.62. The highest BCUT2D eigenvalue weighted by molar-refractivity contribution is 5.96. The molecule has 0 spiro atoms. The Labute approximate surface area is 169 Å². The van der Waals surface area contributed by atoms with Crippen LogP contribution in [0, 0.1) is 23.7 Å². The number of aromatic nitrogens is 1. The van der Waals surface area contributed by atoms with E-state index in [0.717, 1.165) is 11.8 Å². The molecule has 3 rings (SSSR count). The van der Waals surface area contributed by atoms with E-state index in [1.54, 1.807) is 18.3 Å². The second kappa shape index (κ2) is 8.62. The maximum Gasteiger partial charge on any atom is 0.270 e. The van der Waals surface area contributed by atoms with Crippen molar-refractivity contribution in [1.29, 1.82) is 0 Å². The molecule has 4 atom stereocenters. The summed E-state index contributed by atoms with van der Waals surface area (Å²) >= 11 is 0. The monoisotopic (exact) mass is 385 g/mol. The number of carbonyl (C=O) groups excluding carboxylic acids is 2. The molecule has 2 saturated carbocycles. The summed E-state index contributed by atoms with van der Waals surface area (Å²) < 4.78 is 0. The summed E-state index contributed by atoms with van der Waals surface area (Å²) in [6, 6.07) is 3.40. The van der Waals surface area contributed by atoms with Crippen molar-refractivity contribution in [1.82, 2.24) is 10.3 Å². The highest BCUT2D eigenvalue weighted by Crippen LogP contribution is 2.47. The second-order valence-electron chi connectivity index (χ2n) is 9.83. The summed E-state index contributed by atoms with van der Waals surface area (Å²) in [4.78, 5) is 29.1. The first-order valence-electron chi connectivity index (χ1n) is 10.8. The molecule has 1 aromatic heterocycles. The van der Waals surface area contributed by atoms with Crippen LogP contribution in [0.15, 0.2) is 18.3 Å². The lowest BCUT2D eigenvalue weighted by Gasteiger charge is -2.43. The lowest BCUT2D eigenvalue weighted by Crippen LogP contribution is -2.40. The third-order valence-electron chi connectivity index (χ3n) is 6.34. The number of hydrogen-bond acceptors (Lipinski definition) is 3. The van der Waals surface area contributed by atoms with Gasteiger partial charge in [-0.3, -0.25) is 14.6 Å². The summed E-state index contributed by atoms with van der Waals surface area (Å²) in [5.41, 5.74) is 0.641. The average molecular weight is 386 g/mol. The third-order valence-corrected chi connectivity index (χ3v) is 6.34. The molecule has 5 heteroatoms. The van der Waals surface area contributed by atoms with E-state index in [-0.39, 0.29) is 17.4 Å². The number of rotatable bonds is 5. The first-order chi connectivity index (χ1) is 13.2. The number of anilines is 1. The van der Waals surface area contributed by atoms with Crippen molar-refractivity contribution < 1.29 is 9.59 Å². The van der Waals surface area contributed by atoms with Gasteiger partial charge < -0.3 is 10.6 Å². The molecule has 2 bridgehead atoms. The normalized spacial score (nSPS) is 27.1. The van der Waals surface area contributed by atoms with Crippen LogP contribution in [0.25, 0.3) is 0 Å². The lowest BCUT2D eigenvalue weighted by molar-refractivity contribution is -0.118. The van der Waals surface area contributed by atoms with Crippen molar-refractivity contribution >= 4 is 17.5 Å². The molecule has 2 N–H and O–H groups in total. The summed E-state index contributed by atoms with van der Waals surface area (Å²) in [6.07, 6.45) is 9.86. The molecule has 0 saturated heterocycles. The molecule has 28 heavy (non-hydrogen) atoms. The van der Waals surface area contributed by atoms with Crippen LogP contribution >= 0.6 is 0 Å². The predicted octanol–water partition coefficient (Wildman–Crippen LogP) is 4.79. The summed E-state index contributed by atoms with van der Waals surface area (Å²) in [6.45, 7) is 8.09. The number of nitrogens with zero attached hydrogens (tertiary/aromatic N) is 1. The molecule has 1 aromatic rings. The number of nitrogens with one attached hydrogen (secondary N) is 2. The number of hydrogen-bond donors (Lipinski definition) is 2. The van der Waals surface area contributed by atoms with Crippen molar-refractivity contribution in [2.24, 2.45) is 23.7 Å². The van der Waals surface area contributed by atoms with Crippen molar-refractivity contribution in [3.63, 3.8) is 0 Å². The molecule has 5 nitrogen and oxygen atoms in total. The van der Waals surface area contributed by atoms with Crippen LogP contribution in [0.2, 0.25) is 0 Å². The van der Waals surface area contributed by atoms with E-state index in [4.69, 9.17) is 0 Å². The van der Waals surface area contributed by atoms with Gasteiger partial charge in [0.05, 0.1) is 0 Å². The van der Waals surface area contributed by atoms with Gasteiger partial charge in [-0.1, -0.05) is 19.8 Å². The topological polar surface area (TPSA) is 71.1 Å². The number of carbonyl (C=O) groups is 2. The number of fused-ring (bicyclic) bond motifs is 2. The SMILES string of the molecule is CCC1CC2CC[C@H](CC(=O)Nc3ccnc(C(=O)NC(C)(C)C)c3)C(C1)C2. The minimum absolute atomic E-state index is 0.0513. The van der Waals surface area contributed by atoms with Crippen LogP contribution in [0.4, 0.5) is 5.69 Å². The van der Waals surface area contributed by atoms with E-state index in [9.17, 15) is 9.59 Å². The summed E-state index contributed by atoms with van der Waals surface area (Å²) in [5.74, 6) is 2.75.